The van der Waals surface area contributed by atoms with E-state index < -0.39 is 10.8 Å². The van der Waals surface area contributed by atoms with Crippen molar-refractivity contribution in [3.63, 3.8) is 0 Å². The first kappa shape index (κ1) is 7.92. The third-order valence-electron chi connectivity index (χ3n) is 1.62. The van der Waals surface area contributed by atoms with Crippen molar-refractivity contribution in [2.24, 2.45) is 4.99 Å². The van der Waals surface area contributed by atoms with E-state index in [0.717, 1.165) is 0 Å². The molecule has 0 aromatic carbocycles. The van der Waals surface area contributed by atoms with Crippen LogP contribution < -0.4 is 0 Å². The van der Waals surface area contributed by atoms with Gasteiger partial charge in [0.1, 0.15) is 0 Å². The lowest BCUT2D eigenvalue weighted by molar-refractivity contribution is 0.655. The highest BCUT2D eigenvalue weighted by atomic mass is 32.2. The van der Waals surface area contributed by atoms with Gasteiger partial charge in [-0.3, -0.25) is 9.20 Å². The predicted octanol–water partition coefficient (Wildman–Crippen LogP) is 0.987. The predicted molar refractivity (Wildman–Crippen MR) is 45.0 cm³/mol. The summed E-state index contributed by atoms with van der Waals surface area (Å²) >= 11 is 0. The van der Waals surface area contributed by atoms with E-state index in [2.05, 4.69) is 4.99 Å². The van der Waals surface area contributed by atoms with Crippen LogP contribution in [-0.2, 0) is 10.8 Å². The van der Waals surface area contributed by atoms with E-state index in [1.165, 1.54) is 0 Å². The van der Waals surface area contributed by atoms with E-state index >= 15 is 0 Å². The molecule has 1 aliphatic rings. The van der Waals surface area contributed by atoms with Crippen LogP contribution in [0.25, 0.3) is 0 Å². The highest BCUT2D eigenvalue weighted by Gasteiger charge is 2.28. The lowest BCUT2D eigenvalue weighted by Crippen LogP contribution is -2.37. The Hall–Kier alpha value is -0.180. The van der Waals surface area contributed by atoms with Crippen LogP contribution in [0.15, 0.2) is 4.99 Å². The van der Waals surface area contributed by atoms with E-state index in [-0.39, 0.29) is 10.8 Å². The minimum Gasteiger partial charge on any atom is -0.292 e. The summed E-state index contributed by atoms with van der Waals surface area (Å²) in [5.74, 6) is 0.712. The van der Waals surface area contributed by atoms with Gasteiger partial charge in [0, 0.05) is 22.8 Å². The summed E-state index contributed by atoms with van der Waals surface area (Å²) in [6.45, 7) is 5.90. The van der Waals surface area contributed by atoms with Crippen LogP contribution in [0.2, 0.25) is 0 Å². The molecule has 0 spiro atoms. The van der Waals surface area contributed by atoms with Crippen LogP contribution >= 0.6 is 0 Å². The molecular formula is C7H13NOS. The summed E-state index contributed by atoms with van der Waals surface area (Å²) in [6.07, 6.45) is 1.82. The Labute approximate surface area is 64.2 Å². The molecular weight excluding hydrogens is 146 g/mol. The number of hydrogen-bond acceptors (Lipinski definition) is 2. The van der Waals surface area contributed by atoms with Crippen LogP contribution in [0, 0.1) is 0 Å². The molecule has 0 aromatic heterocycles. The van der Waals surface area contributed by atoms with Crippen molar-refractivity contribution in [3.8, 4) is 0 Å². The van der Waals surface area contributed by atoms with Gasteiger partial charge in [0.15, 0.2) is 0 Å². The summed E-state index contributed by atoms with van der Waals surface area (Å²) in [7, 11) is -0.730. The average Bonchev–Trinajstić information content (AvgIpc) is 1.81. The molecule has 0 aliphatic carbocycles. The Bertz CT molecular complexity index is 186. The van der Waals surface area contributed by atoms with Crippen LogP contribution in [0.3, 0.4) is 0 Å². The highest BCUT2D eigenvalue weighted by Crippen LogP contribution is 2.16. The minimum atomic E-state index is -0.730. The third-order valence-corrected chi connectivity index (χ3v) is 3.68. The maximum atomic E-state index is 11.3. The van der Waals surface area contributed by atoms with Crippen LogP contribution in [0.5, 0.6) is 0 Å². The van der Waals surface area contributed by atoms with Gasteiger partial charge in [-0.25, -0.2) is 0 Å². The molecule has 0 amide bonds. The number of aliphatic imine (C=N–C) groups is 1. The molecule has 0 N–H and O–H groups in total. The molecule has 1 rings (SSSR count). The van der Waals surface area contributed by atoms with Crippen molar-refractivity contribution in [2.45, 2.75) is 31.6 Å². The molecule has 0 radical (unpaired) electrons. The quantitative estimate of drug-likeness (QED) is 0.518. The van der Waals surface area contributed by atoms with E-state index in [4.69, 9.17) is 0 Å². The summed E-state index contributed by atoms with van der Waals surface area (Å²) in [4.78, 5) is 4.22. The Morgan fingerprint density at radius 3 is 2.70 bits per heavy atom. The minimum absolute atomic E-state index is 0.202. The lowest BCUT2D eigenvalue weighted by Gasteiger charge is -2.24. The van der Waals surface area contributed by atoms with Crippen LogP contribution in [-0.4, -0.2) is 27.0 Å². The summed E-state index contributed by atoms with van der Waals surface area (Å²) in [5.41, 5.74) is 0. The van der Waals surface area contributed by atoms with Crippen LogP contribution in [0.1, 0.15) is 20.8 Å². The van der Waals surface area contributed by atoms with Gasteiger partial charge in [0.2, 0.25) is 0 Å². The molecule has 0 aromatic rings. The second kappa shape index (κ2) is 2.46. The first-order valence-electron chi connectivity index (χ1n) is 3.45. The van der Waals surface area contributed by atoms with Crippen LogP contribution in [0.4, 0.5) is 0 Å². The fourth-order valence-corrected chi connectivity index (χ4v) is 1.97. The highest BCUT2D eigenvalue weighted by molar-refractivity contribution is 7.87. The van der Waals surface area contributed by atoms with Gasteiger partial charge < -0.3 is 0 Å². The van der Waals surface area contributed by atoms with Gasteiger partial charge in [0.05, 0.1) is 10.8 Å². The second-order valence-electron chi connectivity index (χ2n) is 3.24. The zero-order valence-electron chi connectivity index (χ0n) is 6.63. The topological polar surface area (TPSA) is 29.4 Å². The van der Waals surface area contributed by atoms with Crippen molar-refractivity contribution >= 4 is 17.0 Å². The second-order valence-corrected chi connectivity index (χ2v) is 5.32. The maximum Gasteiger partial charge on any atom is 0.0749 e. The Morgan fingerprint density at radius 1 is 1.70 bits per heavy atom. The summed E-state index contributed by atoms with van der Waals surface area (Å²) in [5, 5.41) is 0. The first-order valence-corrected chi connectivity index (χ1v) is 4.77. The van der Waals surface area contributed by atoms with Crippen molar-refractivity contribution < 1.29 is 4.21 Å². The molecule has 1 heterocycles. The van der Waals surface area contributed by atoms with Crippen molar-refractivity contribution in [1.82, 2.24) is 0 Å². The molecule has 1 aliphatic heterocycles. The zero-order chi connectivity index (χ0) is 7.78. The maximum absolute atomic E-state index is 11.3. The molecule has 0 fully saturated rings. The third kappa shape index (κ3) is 1.45. The van der Waals surface area contributed by atoms with Gasteiger partial charge in [-0.1, -0.05) is 0 Å². The SMILES string of the molecule is CC1CS(=O)C(C)(C)C=N1. The average molecular weight is 159 g/mol. The largest absolute Gasteiger partial charge is 0.292 e. The molecule has 2 unspecified atom stereocenters. The van der Waals surface area contributed by atoms with E-state index in [0.29, 0.717) is 5.75 Å². The number of rotatable bonds is 0. The molecule has 10 heavy (non-hydrogen) atoms. The molecule has 3 heteroatoms. The standard InChI is InChI=1S/C7H13NOS/c1-6-4-10(9)7(2,3)5-8-6/h5-6H,4H2,1-3H3. The molecule has 2 nitrogen and oxygen atoms in total. The smallest absolute Gasteiger partial charge is 0.0749 e. The Balaban J connectivity index is 2.83. The fourth-order valence-electron chi connectivity index (χ4n) is 0.842. The van der Waals surface area contributed by atoms with Crippen molar-refractivity contribution in [2.75, 3.05) is 5.75 Å². The lowest BCUT2D eigenvalue weighted by atomic mass is 10.2. The molecule has 58 valence electrons. The van der Waals surface area contributed by atoms with Crippen molar-refractivity contribution in [3.05, 3.63) is 0 Å². The summed E-state index contributed by atoms with van der Waals surface area (Å²) in [6, 6.07) is 0.244. The molecule has 0 saturated heterocycles. The molecule has 0 bridgehead atoms. The number of hydrogen-bond donors (Lipinski definition) is 0. The van der Waals surface area contributed by atoms with Gasteiger partial charge in [0.25, 0.3) is 0 Å². The summed E-state index contributed by atoms with van der Waals surface area (Å²) < 4.78 is 11.1. The molecule has 0 saturated carbocycles. The van der Waals surface area contributed by atoms with Gasteiger partial charge in [-0.05, 0) is 20.8 Å². The Morgan fingerprint density at radius 2 is 2.30 bits per heavy atom. The van der Waals surface area contributed by atoms with E-state index in [1.807, 2.05) is 27.0 Å². The fraction of sp³-hybridized carbons (Fsp3) is 0.857. The van der Waals surface area contributed by atoms with E-state index in [9.17, 15) is 4.21 Å². The van der Waals surface area contributed by atoms with Gasteiger partial charge in [-0.2, -0.15) is 0 Å². The Kier molecular flexibility index (Phi) is 1.95. The zero-order valence-corrected chi connectivity index (χ0v) is 7.44. The van der Waals surface area contributed by atoms with E-state index in [1.54, 1.807) is 0 Å². The molecule has 2 atom stereocenters. The monoisotopic (exact) mass is 159 g/mol. The first-order chi connectivity index (χ1) is 4.52. The van der Waals surface area contributed by atoms with Gasteiger partial charge in [-0.15, -0.1) is 0 Å². The number of nitrogens with zero attached hydrogens (tertiary/aromatic N) is 1. The van der Waals surface area contributed by atoms with Crippen molar-refractivity contribution in [1.29, 1.82) is 0 Å². The normalized spacial score (nSPS) is 37.9. The van der Waals surface area contributed by atoms with Gasteiger partial charge >= 0.3 is 0 Å².